The predicted molar refractivity (Wildman–Crippen MR) is 63.9 cm³/mol. The number of hydrogen-bond donors (Lipinski definition) is 1. The lowest BCUT2D eigenvalue weighted by Crippen LogP contribution is -2.29. The molecule has 2 atom stereocenters. The number of rotatable bonds is 4. The first kappa shape index (κ1) is 10.9. The Kier molecular flexibility index (Phi) is 3.97. The van der Waals surface area contributed by atoms with Gasteiger partial charge in [-0.2, -0.15) is 11.8 Å². The molecule has 1 saturated heterocycles. The van der Waals surface area contributed by atoms with Crippen LogP contribution in [0.4, 0.5) is 0 Å². The van der Waals surface area contributed by atoms with E-state index in [2.05, 4.69) is 34.0 Å². The molecule has 1 aliphatic heterocycles. The van der Waals surface area contributed by atoms with Gasteiger partial charge < -0.3 is 5.32 Å². The molecule has 1 fully saturated rings. The van der Waals surface area contributed by atoms with Crippen molar-refractivity contribution < 1.29 is 0 Å². The number of aromatic nitrogens is 2. The highest BCUT2D eigenvalue weighted by molar-refractivity contribution is 8.00. The molecule has 0 bridgehead atoms. The summed E-state index contributed by atoms with van der Waals surface area (Å²) in [5, 5.41) is 4.19. The summed E-state index contributed by atoms with van der Waals surface area (Å²) in [6, 6.07) is 0.371. The van der Waals surface area contributed by atoms with Crippen LogP contribution in [0, 0.1) is 0 Å². The standard InChI is InChI=1S/C11H17N3S/c1-2-13-11(10-4-3-7-15-10)9-8-12-5-6-14-9/h5-6,8,10-11,13H,2-4,7H2,1H3. The van der Waals surface area contributed by atoms with Crippen molar-refractivity contribution in [3.63, 3.8) is 0 Å². The minimum atomic E-state index is 0.371. The van der Waals surface area contributed by atoms with Crippen LogP contribution in [-0.4, -0.2) is 27.5 Å². The molecule has 0 aliphatic carbocycles. The van der Waals surface area contributed by atoms with Crippen molar-refractivity contribution in [3.05, 3.63) is 24.3 Å². The maximum Gasteiger partial charge on any atom is 0.0767 e. The summed E-state index contributed by atoms with van der Waals surface area (Å²) in [6.07, 6.45) is 8.01. The molecular weight excluding hydrogens is 206 g/mol. The lowest BCUT2D eigenvalue weighted by Gasteiger charge is -2.22. The Morgan fingerprint density at radius 2 is 2.53 bits per heavy atom. The highest BCUT2D eigenvalue weighted by Gasteiger charge is 2.27. The zero-order chi connectivity index (χ0) is 10.5. The van der Waals surface area contributed by atoms with Gasteiger partial charge >= 0.3 is 0 Å². The fourth-order valence-electron chi connectivity index (χ4n) is 1.98. The second-order valence-electron chi connectivity index (χ2n) is 3.72. The van der Waals surface area contributed by atoms with Crippen LogP contribution in [0.25, 0.3) is 0 Å². The third kappa shape index (κ3) is 2.69. The van der Waals surface area contributed by atoms with E-state index in [1.54, 1.807) is 12.4 Å². The van der Waals surface area contributed by atoms with Crippen molar-refractivity contribution in [1.82, 2.24) is 15.3 Å². The van der Waals surface area contributed by atoms with Gasteiger partial charge in [0.2, 0.25) is 0 Å². The Balaban J connectivity index is 2.11. The Morgan fingerprint density at radius 3 is 3.13 bits per heavy atom. The minimum absolute atomic E-state index is 0.371. The van der Waals surface area contributed by atoms with Gasteiger partial charge in [-0.3, -0.25) is 9.97 Å². The molecule has 1 aromatic heterocycles. The lowest BCUT2D eigenvalue weighted by molar-refractivity contribution is 0.506. The van der Waals surface area contributed by atoms with E-state index in [9.17, 15) is 0 Å². The molecule has 2 rings (SSSR count). The summed E-state index contributed by atoms with van der Waals surface area (Å²) >= 11 is 2.05. The molecule has 0 aromatic carbocycles. The van der Waals surface area contributed by atoms with Crippen molar-refractivity contribution >= 4 is 11.8 Å². The lowest BCUT2D eigenvalue weighted by atomic mass is 10.1. The molecule has 2 unspecified atom stereocenters. The zero-order valence-corrected chi connectivity index (χ0v) is 9.83. The topological polar surface area (TPSA) is 37.8 Å². The van der Waals surface area contributed by atoms with Gasteiger partial charge in [-0.15, -0.1) is 0 Å². The first-order chi connectivity index (χ1) is 7.42. The molecule has 0 amide bonds. The summed E-state index contributed by atoms with van der Waals surface area (Å²) < 4.78 is 0. The molecule has 0 radical (unpaired) electrons. The molecule has 82 valence electrons. The molecule has 0 saturated carbocycles. The average Bonchev–Trinajstić information content (AvgIpc) is 2.80. The van der Waals surface area contributed by atoms with Gasteiger partial charge in [-0.25, -0.2) is 0 Å². The van der Waals surface area contributed by atoms with E-state index < -0.39 is 0 Å². The SMILES string of the molecule is CCNC(c1cnccn1)C1CCCS1. The zero-order valence-electron chi connectivity index (χ0n) is 9.02. The Bertz CT molecular complexity index is 285. The van der Waals surface area contributed by atoms with Crippen LogP contribution >= 0.6 is 11.8 Å². The van der Waals surface area contributed by atoms with E-state index in [-0.39, 0.29) is 0 Å². The molecule has 3 nitrogen and oxygen atoms in total. The maximum atomic E-state index is 4.40. The van der Waals surface area contributed by atoms with E-state index in [0.29, 0.717) is 11.3 Å². The van der Waals surface area contributed by atoms with Gasteiger partial charge in [-0.1, -0.05) is 6.92 Å². The van der Waals surface area contributed by atoms with Gasteiger partial charge in [0.1, 0.15) is 0 Å². The predicted octanol–water partition coefficient (Wildman–Crippen LogP) is 2.02. The van der Waals surface area contributed by atoms with Crippen LogP contribution in [0.3, 0.4) is 0 Å². The fourth-order valence-corrected chi connectivity index (χ4v) is 3.38. The molecule has 1 aliphatic rings. The van der Waals surface area contributed by atoms with Crippen molar-refractivity contribution in [2.24, 2.45) is 0 Å². The third-order valence-electron chi connectivity index (χ3n) is 2.66. The highest BCUT2D eigenvalue weighted by atomic mass is 32.2. The third-order valence-corrected chi connectivity index (χ3v) is 4.12. The number of thioether (sulfide) groups is 1. The minimum Gasteiger partial charge on any atom is -0.308 e. The second-order valence-corrected chi connectivity index (χ2v) is 5.06. The molecule has 2 heterocycles. The normalized spacial score (nSPS) is 22.9. The smallest absolute Gasteiger partial charge is 0.0767 e. The second kappa shape index (κ2) is 5.47. The van der Waals surface area contributed by atoms with Crippen LogP contribution in [-0.2, 0) is 0 Å². The summed E-state index contributed by atoms with van der Waals surface area (Å²) in [6.45, 7) is 3.13. The molecule has 1 N–H and O–H groups in total. The quantitative estimate of drug-likeness (QED) is 0.847. The number of hydrogen-bond acceptors (Lipinski definition) is 4. The monoisotopic (exact) mass is 223 g/mol. The van der Waals surface area contributed by atoms with Gasteiger partial charge in [0.25, 0.3) is 0 Å². The molecule has 4 heteroatoms. The van der Waals surface area contributed by atoms with Gasteiger partial charge in [0.15, 0.2) is 0 Å². The summed E-state index contributed by atoms with van der Waals surface area (Å²) in [4.78, 5) is 8.55. The van der Waals surface area contributed by atoms with Crippen LogP contribution < -0.4 is 5.32 Å². The first-order valence-corrected chi connectivity index (χ1v) is 6.57. The number of nitrogens with zero attached hydrogens (tertiary/aromatic N) is 2. The molecule has 1 aromatic rings. The van der Waals surface area contributed by atoms with E-state index in [1.165, 1.54) is 18.6 Å². The van der Waals surface area contributed by atoms with Crippen molar-refractivity contribution in [1.29, 1.82) is 0 Å². The summed E-state index contributed by atoms with van der Waals surface area (Å²) in [5.41, 5.74) is 1.08. The van der Waals surface area contributed by atoms with Crippen LogP contribution in [0.15, 0.2) is 18.6 Å². The molecular formula is C11H17N3S. The Hall–Kier alpha value is -0.610. The molecule has 15 heavy (non-hydrogen) atoms. The van der Waals surface area contributed by atoms with E-state index in [4.69, 9.17) is 0 Å². The van der Waals surface area contributed by atoms with Crippen molar-refractivity contribution in [3.8, 4) is 0 Å². The van der Waals surface area contributed by atoms with Crippen molar-refractivity contribution in [2.75, 3.05) is 12.3 Å². The average molecular weight is 223 g/mol. The Morgan fingerprint density at radius 1 is 1.60 bits per heavy atom. The van der Waals surface area contributed by atoms with Crippen LogP contribution in [0.5, 0.6) is 0 Å². The van der Waals surface area contributed by atoms with Gasteiger partial charge in [-0.05, 0) is 25.1 Å². The number of nitrogens with one attached hydrogen (secondary N) is 1. The summed E-state index contributed by atoms with van der Waals surface area (Å²) in [7, 11) is 0. The van der Waals surface area contributed by atoms with E-state index in [1.807, 2.05) is 6.20 Å². The van der Waals surface area contributed by atoms with Gasteiger partial charge in [0.05, 0.1) is 17.9 Å². The van der Waals surface area contributed by atoms with Gasteiger partial charge in [0, 0.05) is 17.6 Å². The van der Waals surface area contributed by atoms with Crippen LogP contribution in [0.2, 0.25) is 0 Å². The Labute approximate surface area is 95.1 Å². The van der Waals surface area contributed by atoms with Crippen LogP contribution in [0.1, 0.15) is 31.5 Å². The highest BCUT2D eigenvalue weighted by Crippen LogP contribution is 2.34. The molecule has 0 spiro atoms. The first-order valence-electron chi connectivity index (χ1n) is 5.52. The van der Waals surface area contributed by atoms with Crippen molar-refractivity contribution in [2.45, 2.75) is 31.1 Å². The largest absolute Gasteiger partial charge is 0.308 e. The summed E-state index contributed by atoms with van der Waals surface area (Å²) in [5.74, 6) is 1.28. The maximum absolute atomic E-state index is 4.40. The van der Waals surface area contributed by atoms with E-state index >= 15 is 0 Å². The fraction of sp³-hybridized carbons (Fsp3) is 0.636. The van der Waals surface area contributed by atoms with E-state index in [0.717, 1.165) is 12.2 Å².